The summed E-state index contributed by atoms with van der Waals surface area (Å²) < 4.78 is 0. The first-order chi connectivity index (χ1) is 8.06. The molecule has 0 amide bonds. The molecule has 0 radical (unpaired) electrons. The van der Waals surface area contributed by atoms with E-state index in [9.17, 15) is 5.11 Å². The Kier molecular flexibility index (Phi) is 2.19. The zero-order valence-electron chi connectivity index (χ0n) is 10.5. The molecular formula is C16H18O. The van der Waals surface area contributed by atoms with Crippen LogP contribution in [0.4, 0.5) is 0 Å². The summed E-state index contributed by atoms with van der Waals surface area (Å²) in [5, 5.41) is 11.9. The summed E-state index contributed by atoms with van der Waals surface area (Å²) in [6.07, 6.45) is 3.71. The molecule has 0 unspecified atom stereocenters. The zero-order chi connectivity index (χ0) is 12.0. The van der Waals surface area contributed by atoms with Crippen LogP contribution in [0.5, 0.6) is 5.75 Å². The van der Waals surface area contributed by atoms with Crippen LogP contribution >= 0.6 is 0 Å². The van der Waals surface area contributed by atoms with Crippen LogP contribution in [-0.4, -0.2) is 5.11 Å². The van der Waals surface area contributed by atoms with Gasteiger partial charge in [-0.25, -0.2) is 0 Å². The van der Waals surface area contributed by atoms with E-state index in [4.69, 9.17) is 0 Å². The van der Waals surface area contributed by atoms with Crippen molar-refractivity contribution in [3.8, 4) is 5.75 Å². The van der Waals surface area contributed by atoms with Crippen LogP contribution in [0.15, 0.2) is 30.3 Å². The molecule has 1 N–H and O–H groups in total. The minimum absolute atomic E-state index is 0.291. The second-order valence-electron chi connectivity index (χ2n) is 5.78. The fraction of sp³-hybridized carbons (Fsp3) is 0.375. The molecule has 0 spiro atoms. The summed E-state index contributed by atoms with van der Waals surface area (Å²) in [6, 6.07) is 10.2. The van der Waals surface area contributed by atoms with Crippen LogP contribution in [0.25, 0.3) is 10.8 Å². The zero-order valence-corrected chi connectivity index (χ0v) is 10.5. The van der Waals surface area contributed by atoms with Crippen molar-refractivity contribution < 1.29 is 5.11 Å². The highest BCUT2D eigenvalue weighted by atomic mass is 16.3. The Morgan fingerprint density at radius 3 is 2.71 bits per heavy atom. The Balaban J connectivity index is 2.28. The molecule has 0 heterocycles. The molecule has 0 atom stereocenters. The second kappa shape index (κ2) is 3.49. The third-order valence-electron chi connectivity index (χ3n) is 4.02. The highest BCUT2D eigenvalue weighted by Crippen LogP contribution is 2.39. The van der Waals surface area contributed by atoms with Crippen LogP contribution in [0.1, 0.15) is 37.8 Å². The molecule has 1 aliphatic carbocycles. The summed E-state index contributed by atoms with van der Waals surface area (Å²) >= 11 is 0. The number of phenolic OH excluding ortho intramolecular Hbond substituents is 1. The van der Waals surface area contributed by atoms with Crippen molar-refractivity contribution in [1.82, 2.24) is 0 Å². The van der Waals surface area contributed by atoms with Gasteiger partial charge in [-0.05, 0) is 58.7 Å². The SMILES string of the molecule is CC1(C)CCCc2cc3cc(O)ccc3cc21. The Morgan fingerprint density at radius 1 is 1.06 bits per heavy atom. The van der Waals surface area contributed by atoms with Crippen LogP contribution < -0.4 is 0 Å². The molecule has 2 aromatic rings. The Hall–Kier alpha value is -1.50. The van der Waals surface area contributed by atoms with Crippen molar-refractivity contribution in [2.75, 3.05) is 0 Å². The van der Waals surface area contributed by atoms with Gasteiger partial charge in [-0.1, -0.05) is 32.0 Å². The summed E-state index contributed by atoms with van der Waals surface area (Å²) in [4.78, 5) is 0. The first-order valence-electron chi connectivity index (χ1n) is 6.32. The lowest BCUT2D eigenvalue weighted by atomic mass is 9.72. The maximum absolute atomic E-state index is 9.54. The standard InChI is InChI=1S/C16H18O/c1-16(2)7-3-4-12-8-13-9-14(17)6-5-11(13)10-15(12)16/h5-6,8-10,17H,3-4,7H2,1-2H3. The van der Waals surface area contributed by atoms with E-state index in [1.165, 1.54) is 35.8 Å². The molecule has 0 aliphatic heterocycles. The van der Waals surface area contributed by atoms with Gasteiger partial charge >= 0.3 is 0 Å². The topological polar surface area (TPSA) is 20.2 Å². The van der Waals surface area contributed by atoms with E-state index in [0.717, 1.165) is 5.39 Å². The average molecular weight is 226 g/mol. The lowest BCUT2D eigenvalue weighted by Crippen LogP contribution is -2.23. The Labute approximate surface area is 102 Å². The summed E-state index contributed by atoms with van der Waals surface area (Å²) in [6.45, 7) is 4.66. The van der Waals surface area contributed by atoms with E-state index in [2.05, 4.69) is 26.0 Å². The largest absolute Gasteiger partial charge is 0.508 e. The van der Waals surface area contributed by atoms with E-state index in [1.807, 2.05) is 12.1 Å². The van der Waals surface area contributed by atoms with Crippen LogP contribution in [0.3, 0.4) is 0 Å². The molecule has 0 fully saturated rings. The molecule has 88 valence electrons. The fourth-order valence-corrected chi connectivity index (χ4v) is 3.02. The van der Waals surface area contributed by atoms with Gasteiger partial charge < -0.3 is 5.11 Å². The highest BCUT2D eigenvalue weighted by Gasteiger charge is 2.27. The lowest BCUT2D eigenvalue weighted by molar-refractivity contribution is 0.432. The van der Waals surface area contributed by atoms with Gasteiger partial charge in [-0.2, -0.15) is 0 Å². The number of hydrogen-bond donors (Lipinski definition) is 1. The number of hydrogen-bond acceptors (Lipinski definition) is 1. The van der Waals surface area contributed by atoms with E-state index in [-0.39, 0.29) is 0 Å². The molecule has 1 heteroatoms. The van der Waals surface area contributed by atoms with Gasteiger partial charge in [0.1, 0.15) is 5.75 Å². The van der Waals surface area contributed by atoms with Crippen molar-refractivity contribution in [3.63, 3.8) is 0 Å². The van der Waals surface area contributed by atoms with Gasteiger partial charge in [-0.15, -0.1) is 0 Å². The monoisotopic (exact) mass is 226 g/mol. The van der Waals surface area contributed by atoms with Gasteiger partial charge in [0.05, 0.1) is 0 Å². The van der Waals surface area contributed by atoms with Crippen molar-refractivity contribution in [3.05, 3.63) is 41.5 Å². The number of fused-ring (bicyclic) bond motifs is 2. The number of benzene rings is 2. The molecule has 17 heavy (non-hydrogen) atoms. The van der Waals surface area contributed by atoms with E-state index >= 15 is 0 Å². The van der Waals surface area contributed by atoms with E-state index < -0.39 is 0 Å². The van der Waals surface area contributed by atoms with Gasteiger partial charge in [0, 0.05) is 0 Å². The minimum Gasteiger partial charge on any atom is -0.508 e. The van der Waals surface area contributed by atoms with Crippen LogP contribution in [0.2, 0.25) is 0 Å². The Morgan fingerprint density at radius 2 is 1.88 bits per heavy atom. The quantitative estimate of drug-likeness (QED) is 0.715. The highest BCUT2D eigenvalue weighted by molar-refractivity contribution is 5.85. The van der Waals surface area contributed by atoms with E-state index in [1.54, 1.807) is 6.07 Å². The van der Waals surface area contributed by atoms with Gasteiger partial charge in [0.25, 0.3) is 0 Å². The van der Waals surface area contributed by atoms with Gasteiger partial charge in [0.15, 0.2) is 0 Å². The fourth-order valence-electron chi connectivity index (χ4n) is 3.02. The maximum atomic E-state index is 9.54. The van der Waals surface area contributed by atoms with Crippen LogP contribution in [-0.2, 0) is 11.8 Å². The molecule has 2 aromatic carbocycles. The average Bonchev–Trinajstić information content (AvgIpc) is 2.26. The van der Waals surface area contributed by atoms with Crippen molar-refractivity contribution in [2.24, 2.45) is 0 Å². The smallest absolute Gasteiger partial charge is 0.116 e. The lowest BCUT2D eigenvalue weighted by Gasteiger charge is -2.33. The number of rotatable bonds is 0. The second-order valence-corrected chi connectivity index (χ2v) is 5.78. The predicted octanol–water partition coefficient (Wildman–Crippen LogP) is 4.16. The molecule has 0 bridgehead atoms. The molecule has 1 aliphatic rings. The maximum Gasteiger partial charge on any atom is 0.116 e. The minimum atomic E-state index is 0.291. The summed E-state index contributed by atoms with van der Waals surface area (Å²) in [5.74, 6) is 0.354. The first-order valence-corrected chi connectivity index (χ1v) is 6.32. The summed E-state index contributed by atoms with van der Waals surface area (Å²) in [5.41, 5.74) is 3.24. The van der Waals surface area contributed by atoms with Crippen molar-refractivity contribution >= 4 is 10.8 Å². The third kappa shape index (κ3) is 1.70. The molecule has 0 saturated carbocycles. The number of phenols is 1. The molecule has 3 rings (SSSR count). The first kappa shape index (κ1) is 10.6. The van der Waals surface area contributed by atoms with E-state index in [0.29, 0.717) is 11.2 Å². The molecular weight excluding hydrogens is 208 g/mol. The van der Waals surface area contributed by atoms with Crippen LogP contribution in [0, 0.1) is 0 Å². The third-order valence-corrected chi connectivity index (χ3v) is 4.02. The number of aromatic hydroxyl groups is 1. The molecule has 1 nitrogen and oxygen atoms in total. The summed E-state index contributed by atoms with van der Waals surface area (Å²) in [7, 11) is 0. The normalized spacial score (nSPS) is 18.0. The predicted molar refractivity (Wildman–Crippen MR) is 71.6 cm³/mol. The van der Waals surface area contributed by atoms with Gasteiger partial charge in [-0.3, -0.25) is 0 Å². The van der Waals surface area contributed by atoms with Crippen molar-refractivity contribution in [2.45, 2.75) is 38.5 Å². The number of aryl methyl sites for hydroxylation is 1. The van der Waals surface area contributed by atoms with Gasteiger partial charge in [0.2, 0.25) is 0 Å². The van der Waals surface area contributed by atoms with Crippen molar-refractivity contribution in [1.29, 1.82) is 0 Å². The molecule has 0 saturated heterocycles. The molecule has 0 aromatic heterocycles. The Bertz CT molecular complexity index is 581.